The van der Waals surface area contributed by atoms with Crippen molar-refractivity contribution in [3.63, 3.8) is 0 Å². The summed E-state index contributed by atoms with van der Waals surface area (Å²) in [6.07, 6.45) is 3.23. The van der Waals surface area contributed by atoms with Crippen molar-refractivity contribution in [2.24, 2.45) is 5.73 Å². The standard InChI is InChI=1S/C15H19N3O/c1-10(2)12-5-4-11(3)8-14(12)19-15-13(9-16)17-6-7-18-15/h4-8,10H,9,16H2,1-3H3. The summed E-state index contributed by atoms with van der Waals surface area (Å²) in [6.45, 7) is 6.62. The van der Waals surface area contributed by atoms with Gasteiger partial charge in [0, 0.05) is 18.9 Å². The highest BCUT2D eigenvalue weighted by molar-refractivity contribution is 5.41. The van der Waals surface area contributed by atoms with E-state index in [1.54, 1.807) is 12.4 Å². The van der Waals surface area contributed by atoms with Gasteiger partial charge < -0.3 is 10.5 Å². The van der Waals surface area contributed by atoms with Crippen LogP contribution in [0, 0.1) is 6.92 Å². The van der Waals surface area contributed by atoms with Crippen LogP contribution in [0.15, 0.2) is 30.6 Å². The lowest BCUT2D eigenvalue weighted by Gasteiger charge is -2.15. The van der Waals surface area contributed by atoms with Gasteiger partial charge in [-0.15, -0.1) is 0 Å². The van der Waals surface area contributed by atoms with E-state index in [0.717, 1.165) is 16.9 Å². The van der Waals surface area contributed by atoms with Crippen molar-refractivity contribution in [2.75, 3.05) is 0 Å². The SMILES string of the molecule is Cc1ccc(C(C)C)c(Oc2nccnc2CN)c1. The summed E-state index contributed by atoms with van der Waals surface area (Å²) < 4.78 is 5.92. The lowest BCUT2D eigenvalue weighted by atomic mass is 10.0. The lowest BCUT2D eigenvalue weighted by Crippen LogP contribution is -2.04. The molecule has 1 aromatic heterocycles. The van der Waals surface area contributed by atoms with Crippen LogP contribution in [0.4, 0.5) is 0 Å². The molecule has 0 amide bonds. The van der Waals surface area contributed by atoms with E-state index in [4.69, 9.17) is 10.5 Å². The van der Waals surface area contributed by atoms with Crippen LogP contribution in [0.25, 0.3) is 0 Å². The Morgan fingerprint density at radius 2 is 1.95 bits per heavy atom. The smallest absolute Gasteiger partial charge is 0.242 e. The predicted octanol–water partition coefficient (Wildman–Crippen LogP) is 3.16. The van der Waals surface area contributed by atoms with E-state index in [0.29, 0.717) is 24.0 Å². The molecule has 0 aliphatic heterocycles. The zero-order valence-corrected chi connectivity index (χ0v) is 11.6. The van der Waals surface area contributed by atoms with E-state index >= 15 is 0 Å². The number of ether oxygens (including phenoxy) is 1. The molecular formula is C15H19N3O. The maximum atomic E-state index is 5.92. The Morgan fingerprint density at radius 3 is 2.63 bits per heavy atom. The molecule has 100 valence electrons. The van der Waals surface area contributed by atoms with Gasteiger partial charge in [0.2, 0.25) is 5.88 Å². The van der Waals surface area contributed by atoms with Crippen LogP contribution in [0.3, 0.4) is 0 Å². The van der Waals surface area contributed by atoms with Crippen LogP contribution in [-0.2, 0) is 6.54 Å². The average Bonchev–Trinajstić information content (AvgIpc) is 2.39. The van der Waals surface area contributed by atoms with Crippen LogP contribution >= 0.6 is 0 Å². The van der Waals surface area contributed by atoms with E-state index in [2.05, 4.69) is 35.9 Å². The summed E-state index contributed by atoms with van der Waals surface area (Å²) in [4.78, 5) is 8.39. The summed E-state index contributed by atoms with van der Waals surface area (Å²) in [7, 11) is 0. The van der Waals surface area contributed by atoms with Gasteiger partial charge in [-0.1, -0.05) is 26.0 Å². The fourth-order valence-corrected chi connectivity index (χ4v) is 1.89. The number of hydrogen-bond donors (Lipinski definition) is 1. The number of aryl methyl sites for hydroxylation is 1. The maximum Gasteiger partial charge on any atom is 0.242 e. The van der Waals surface area contributed by atoms with Crippen molar-refractivity contribution in [1.29, 1.82) is 0 Å². The van der Waals surface area contributed by atoms with E-state index in [1.807, 2.05) is 13.0 Å². The number of rotatable bonds is 4. The first kappa shape index (κ1) is 13.5. The Bertz CT molecular complexity index is 567. The molecule has 0 aliphatic carbocycles. The number of nitrogens with two attached hydrogens (primary N) is 1. The molecule has 0 spiro atoms. The molecule has 0 saturated heterocycles. The molecule has 2 aromatic rings. The highest BCUT2D eigenvalue weighted by Gasteiger charge is 2.12. The largest absolute Gasteiger partial charge is 0.437 e. The number of hydrogen-bond acceptors (Lipinski definition) is 4. The summed E-state index contributed by atoms with van der Waals surface area (Å²) in [5.74, 6) is 1.69. The van der Waals surface area contributed by atoms with Crippen molar-refractivity contribution < 1.29 is 4.74 Å². The maximum absolute atomic E-state index is 5.92. The van der Waals surface area contributed by atoms with Crippen LogP contribution < -0.4 is 10.5 Å². The summed E-state index contributed by atoms with van der Waals surface area (Å²) in [6, 6.07) is 6.20. The molecule has 1 heterocycles. The van der Waals surface area contributed by atoms with Crippen molar-refractivity contribution in [3.05, 3.63) is 47.4 Å². The second-order valence-electron chi connectivity index (χ2n) is 4.81. The van der Waals surface area contributed by atoms with Gasteiger partial charge >= 0.3 is 0 Å². The second-order valence-corrected chi connectivity index (χ2v) is 4.81. The molecule has 19 heavy (non-hydrogen) atoms. The number of aromatic nitrogens is 2. The zero-order chi connectivity index (χ0) is 13.8. The molecule has 0 aliphatic rings. The molecule has 1 aromatic carbocycles. The molecular weight excluding hydrogens is 238 g/mol. The van der Waals surface area contributed by atoms with Crippen LogP contribution in [0.5, 0.6) is 11.6 Å². The van der Waals surface area contributed by atoms with Crippen molar-refractivity contribution in [2.45, 2.75) is 33.2 Å². The van der Waals surface area contributed by atoms with Crippen molar-refractivity contribution in [3.8, 4) is 11.6 Å². The Labute approximate surface area is 113 Å². The average molecular weight is 257 g/mol. The minimum Gasteiger partial charge on any atom is -0.437 e. The van der Waals surface area contributed by atoms with E-state index in [9.17, 15) is 0 Å². The number of benzene rings is 1. The van der Waals surface area contributed by atoms with E-state index in [1.165, 1.54) is 0 Å². The molecule has 0 fully saturated rings. The van der Waals surface area contributed by atoms with Crippen molar-refractivity contribution >= 4 is 0 Å². The molecule has 2 N–H and O–H groups in total. The van der Waals surface area contributed by atoms with E-state index in [-0.39, 0.29) is 0 Å². The highest BCUT2D eigenvalue weighted by atomic mass is 16.5. The van der Waals surface area contributed by atoms with Crippen LogP contribution in [0.2, 0.25) is 0 Å². The van der Waals surface area contributed by atoms with Gasteiger partial charge in [0.1, 0.15) is 11.4 Å². The second kappa shape index (κ2) is 5.80. The topological polar surface area (TPSA) is 61.0 Å². The van der Waals surface area contributed by atoms with Crippen LogP contribution in [0.1, 0.15) is 36.6 Å². The summed E-state index contributed by atoms with van der Waals surface area (Å²) >= 11 is 0. The third-order valence-electron chi connectivity index (χ3n) is 2.93. The van der Waals surface area contributed by atoms with Crippen LogP contribution in [-0.4, -0.2) is 9.97 Å². The van der Waals surface area contributed by atoms with Gasteiger partial charge in [-0.05, 0) is 30.0 Å². The van der Waals surface area contributed by atoms with E-state index < -0.39 is 0 Å². The van der Waals surface area contributed by atoms with Gasteiger partial charge in [0.15, 0.2) is 0 Å². The molecule has 0 saturated carbocycles. The summed E-state index contributed by atoms with van der Waals surface area (Å²) in [5.41, 5.74) is 8.62. The molecule has 2 rings (SSSR count). The quantitative estimate of drug-likeness (QED) is 0.914. The van der Waals surface area contributed by atoms with Gasteiger partial charge in [0.05, 0.1) is 0 Å². The molecule has 0 atom stereocenters. The normalized spacial score (nSPS) is 10.8. The Hall–Kier alpha value is -1.94. The Balaban J connectivity index is 2.39. The van der Waals surface area contributed by atoms with Crippen molar-refractivity contribution in [1.82, 2.24) is 9.97 Å². The predicted molar refractivity (Wildman–Crippen MR) is 75.3 cm³/mol. The van der Waals surface area contributed by atoms with Gasteiger partial charge in [-0.2, -0.15) is 0 Å². The first-order chi connectivity index (χ1) is 9.11. The minimum atomic E-state index is 0.312. The number of nitrogens with zero attached hydrogens (tertiary/aromatic N) is 2. The fraction of sp³-hybridized carbons (Fsp3) is 0.333. The van der Waals surface area contributed by atoms with Gasteiger partial charge in [-0.3, -0.25) is 4.98 Å². The fourth-order valence-electron chi connectivity index (χ4n) is 1.89. The molecule has 4 nitrogen and oxygen atoms in total. The third-order valence-corrected chi connectivity index (χ3v) is 2.93. The monoisotopic (exact) mass is 257 g/mol. The summed E-state index contributed by atoms with van der Waals surface area (Å²) in [5, 5.41) is 0. The lowest BCUT2D eigenvalue weighted by molar-refractivity contribution is 0.444. The van der Waals surface area contributed by atoms with Gasteiger partial charge in [0.25, 0.3) is 0 Å². The molecule has 4 heteroatoms. The molecule has 0 bridgehead atoms. The first-order valence-electron chi connectivity index (χ1n) is 6.40. The minimum absolute atomic E-state index is 0.312. The zero-order valence-electron chi connectivity index (χ0n) is 11.6. The molecule has 0 unspecified atom stereocenters. The van der Waals surface area contributed by atoms with Gasteiger partial charge in [-0.25, -0.2) is 4.98 Å². The first-order valence-corrected chi connectivity index (χ1v) is 6.40. The Kier molecular flexibility index (Phi) is 4.12. The Morgan fingerprint density at radius 1 is 1.21 bits per heavy atom. The highest BCUT2D eigenvalue weighted by Crippen LogP contribution is 2.31. The third kappa shape index (κ3) is 3.09. The molecule has 0 radical (unpaired) electrons.